The highest BCUT2D eigenvalue weighted by molar-refractivity contribution is 5.26. The van der Waals surface area contributed by atoms with Crippen LogP contribution < -0.4 is 0 Å². The van der Waals surface area contributed by atoms with Gasteiger partial charge in [-0.05, 0) is 51.0 Å². The zero-order chi connectivity index (χ0) is 13.9. The van der Waals surface area contributed by atoms with Gasteiger partial charge in [-0.15, -0.1) is 0 Å². The Labute approximate surface area is 116 Å². The van der Waals surface area contributed by atoms with Crippen LogP contribution in [-0.4, -0.2) is 12.2 Å². The van der Waals surface area contributed by atoms with E-state index in [2.05, 4.69) is 51.1 Å². The van der Waals surface area contributed by atoms with Gasteiger partial charge in [0.2, 0.25) is 0 Å². The van der Waals surface area contributed by atoms with E-state index in [1.54, 1.807) is 0 Å². The molecule has 1 heterocycles. The topological polar surface area (TPSA) is 33.0 Å². The minimum absolute atomic E-state index is 0.0542. The van der Waals surface area contributed by atoms with Crippen LogP contribution >= 0.6 is 0 Å². The number of ether oxygens (including phenoxy) is 1. The Morgan fingerprint density at radius 1 is 1.37 bits per heavy atom. The SMILES string of the molecule is Cc1ccc([C@H](CC#N)[C@@H]2CCOC(C)(C)C2)cc1. The molecule has 19 heavy (non-hydrogen) atoms. The van der Waals surface area contributed by atoms with Gasteiger partial charge in [0.25, 0.3) is 0 Å². The first-order valence-corrected chi connectivity index (χ1v) is 7.09. The first-order chi connectivity index (χ1) is 9.02. The average molecular weight is 257 g/mol. The molecule has 0 saturated carbocycles. The molecule has 0 amide bonds. The molecule has 0 unspecified atom stereocenters. The zero-order valence-electron chi connectivity index (χ0n) is 12.1. The molecule has 0 aromatic heterocycles. The molecule has 1 aliphatic rings. The molecule has 2 heteroatoms. The van der Waals surface area contributed by atoms with Crippen LogP contribution in [0.5, 0.6) is 0 Å². The van der Waals surface area contributed by atoms with E-state index in [0.717, 1.165) is 19.4 Å². The normalized spacial score (nSPS) is 23.6. The minimum atomic E-state index is -0.0542. The summed E-state index contributed by atoms with van der Waals surface area (Å²) in [7, 11) is 0. The molecule has 2 rings (SSSR count). The van der Waals surface area contributed by atoms with Gasteiger partial charge in [0, 0.05) is 13.0 Å². The molecule has 102 valence electrons. The molecule has 0 radical (unpaired) electrons. The average Bonchev–Trinajstić information content (AvgIpc) is 2.36. The van der Waals surface area contributed by atoms with Crippen LogP contribution in [0, 0.1) is 24.2 Å². The summed E-state index contributed by atoms with van der Waals surface area (Å²) >= 11 is 0. The lowest BCUT2D eigenvalue weighted by molar-refractivity contribution is -0.0766. The third-order valence-electron chi connectivity index (χ3n) is 4.12. The van der Waals surface area contributed by atoms with Crippen molar-refractivity contribution in [1.82, 2.24) is 0 Å². The lowest BCUT2D eigenvalue weighted by atomic mass is 9.75. The van der Waals surface area contributed by atoms with Crippen LogP contribution in [-0.2, 0) is 4.74 Å². The summed E-state index contributed by atoms with van der Waals surface area (Å²) in [6.07, 6.45) is 2.70. The van der Waals surface area contributed by atoms with Gasteiger partial charge in [-0.2, -0.15) is 5.26 Å². The Kier molecular flexibility index (Phi) is 4.27. The summed E-state index contributed by atoms with van der Waals surface area (Å²) in [5.41, 5.74) is 2.52. The maximum absolute atomic E-state index is 9.13. The first kappa shape index (κ1) is 14.1. The van der Waals surface area contributed by atoms with Gasteiger partial charge in [0.1, 0.15) is 0 Å². The lowest BCUT2D eigenvalue weighted by Gasteiger charge is -2.39. The van der Waals surface area contributed by atoms with Gasteiger partial charge in [-0.25, -0.2) is 0 Å². The van der Waals surface area contributed by atoms with E-state index in [1.165, 1.54) is 11.1 Å². The fourth-order valence-corrected chi connectivity index (χ4v) is 3.09. The summed E-state index contributed by atoms with van der Waals surface area (Å²) < 4.78 is 5.80. The molecule has 1 aromatic carbocycles. The molecule has 0 N–H and O–H groups in total. The predicted molar refractivity (Wildman–Crippen MR) is 76.9 cm³/mol. The van der Waals surface area contributed by atoms with Crippen LogP contribution in [0.3, 0.4) is 0 Å². The van der Waals surface area contributed by atoms with Crippen molar-refractivity contribution in [3.8, 4) is 6.07 Å². The Hall–Kier alpha value is -1.33. The maximum atomic E-state index is 9.13. The van der Waals surface area contributed by atoms with Crippen LogP contribution in [0.25, 0.3) is 0 Å². The van der Waals surface area contributed by atoms with E-state index in [9.17, 15) is 0 Å². The van der Waals surface area contributed by atoms with Crippen molar-refractivity contribution in [1.29, 1.82) is 5.26 Å². The molecule has 0 aliphatic carbocycles. The largest absolute Gasteiger partial charge is 0.376 e. The Bertz CT molecular complexity index is 455. The number of nitrogens with zero attached hydrogens (tertiary/aromatic N) is 1. The monoisotopic (exact) mass is 257 g/mol. The number of rotatable bonds is 3. The number of benzene rings is 1. The molecule has 2 atom stereocenters. The predicted octanol–water partition coefficient (Wildman–Crippen LogP) is 4.20. The van der Waals surface area contributed by atoms with Crippen molar-refractivity contribution in [2.75, 3.05) is 6.61 Å². The van der Waals surface area contributed by atoms with Gasteiger partial charge < -0.3 is 4.74 Å². The summed E-state index contributed by atoms with van der Waals surface area (Å²) in [5.74, 6) is 0.889. The molecule has 0 bridgehead atoms. The van der Waals surface area contributed by atoms with Gasteiger partial charge >= 0.3 is 0 Å². The molecule has 1 fully saturated rings. The molecular weight excluding hydrogens is 234 g/mol. The standard InChI is InChI=1S/C17H23NO/c1-13-4-6-14(7-5-13)16(8-10-18)15-9-11-19-17(2,3)12-15/h4-7,15-16H,8-9,11-12H2,1-3H3/t15-,16+/m1/s1. The molecule has 2 nitrogen and oxygen atoms in total. The van der Waals surface area contributed by atoms with Crippen molar-refractivity contribution in [3.05, 3.63) is 35.4 Å². The molecular formula is C17H23NO. The Balaban J connectivity index is 2.20. The maximum Gasteiger partial charge on any atom is 0.0629 e. The molecule has 1 aromatic rings. The van der Waals surface area contributed by atoms with Gasteiger partial charge in [0.15, 0.2) is 0 Å². The fraction of sp³-hybridized carbons (Fsp3) is 0.588. The summed E-state index contributed by atoms with van der Waals surface area (Å²) in [6.45, 7) is 7.21. The molecule has 0 spiro atoms. The zero-order valence-corrected chi connectivity index (χ0v) is 12.1. The van der Waals surface area contributed by atoms with E-state index in [4.69, 9.17) is 10.00 Å². The fourth-order valence-electron chi connectivity index (χ4n) is 3.09. The van der Waals surface area contributed by atoms with E-state index in [-0.39, 0.29) is 5.60 Å². The van der Waals surface area contributed by atoms with Gasteiger partial charge in [0.05, 0.1) is 11.7 Å². The highest BCUT2D eigenvalue weighted by atomic mass is 16.5. The van der Waals surface area contributed by atoms with Crippen molar-refractivity contribution >= 4 is 0 Å². The smallest absolute Gasteiger partial charge is 0.0629 e. The van der Waals surface area contributed by atoms with Crippen molar-refractivity contribution in [2.24, 2.45) is 5.92 Å². The van der Waals surface area contributed by atoms with Crippen molar-refractivity contribution in [2.45, 2.75) is 51.6 Å². The van der Waals surface area contributed by atoms with Crippen LogP contribution in [0.15, 0.2) is 24.3 Å². The quantitative estimate of drug-likeness (QED) is 0.813. The van der Waals surface area contributed by atoms with Gasteiger partial charge in [-0.3, -0.25) is 0 Å². The number of nitriles is 1. The highest BCUT2D eigenvalue weighted by Crippen LogP contribution is 2.39. The van der Waals surface area contributed by atoms with E-state index < -0.39 is 0 Å². The van der Waals surface area contributed by atoms with E-state index in [1.807, 2.05) is 0 Å². The van der Waals surface area contributed by atoms with Gasteiger partial charge in [-0.1, -0.05) is 29.8 Å². The summed E-state index contributed by atoms with van der Waals surface area (Å²) in [6, 6.07) is 11.0. The summed E-state index contributed by atoms with van der Waals surface area (Å²) in [5, 5.41) is 9.13. The Morgan fingerprint density at radius 2 is 2.05 bits per heavy atom. The first-order valence-electron chi connectivity index (χ1n) is 7.09. The molecule has 1 saturated heterocycles. The van der Waals surface area contributed by atoms with E-state index in [0.29, 0.717) is 18.3 Å². The third-order valence-corrected chi connectivity index (χ3v) is 4.12. The van der Waals surface area contributed by atoms with Crippen LogP contribution in [0.2, 0.25) is 0 Å². The Morgan fingerprint density at radius 3 is 2.63 bits per heavy atom. The highest BCUT2D eigenvalue weighted by Gasteiger charge is 2.33. The van der Waals surface area contributed by atoms with Crippen molar-refractivity contribution < 1.29 is 4.74 Å². The van der Waals surface area contributed by atoms with Crippen molar-refractivity contribution in [3.63, 3.8) is 0 Å². The minimum Gasteiger partial charge on any atom is -0.376 e. The number of aryl methyl sites for hydroxylation is 1. The number of hydrogen-bond donors (Lipinski definition) is 0. The third kappa shape index (κ3) is 3.58. The molecule has 1 aliphatic heterocycles. The van der Waals surface area contributed by atoms with E-state index >= 15 is 0 Å². The number of hydrogen-bond acceptors (Lipinski definition) is 2. The second-order valence-corrected chi connectivity index (χ2v) is 6.24. The van der Waals surface area contributed by atoms with Crippen LogP contribution in [0.1, 0.15) is 50.2 Å². The second-order valence-electron chi connectivity index (χ2n) is 6.24. The lowest BCUT2D eigenvalue weighted by Crippen LogP contribution is -2.36. The summed E-state index contributed by atoms with van der Waals surface area (Å²) in [4.78, 5) is 0. The van der Waals surface area contributed by atoms with Crippen LogP contribution in [0.4, 0.5) is 0 Å². The second kappa shape index (κ2) is 5.75.